The Bertz CT molecular complexity index is 1570. The molecule has 2 aliphatic rings. The maximum Gasteiger partial charge on any atom is 0.330 e. The predicted octanol–water partition coefficient (Wildman–Crippen LogP) is 4.68. The van der Waals surface area contributed by atoms with E-state index in [-0.39, 0.29) is 42.4 Å². The van der Waals surface area contributed by atoms with Crippen molar-refractivity contribution in [2.45, 2.75) is 69.7 Å². The van der Waals surface area contributed by atoms with Crippen LogP contribution in [-0.2, 0) is 22.3 Å². The summed E-state index contributed by atoms with van der Waals surface area (Å²) in [6.45, 7) is 3.65. The second kappa shape index (κ2) is 11.8. The lowest BCUT2D eigenvalue weighted by molar-refractivity contribution is 0.212. The highest BCUT2D eigenvalue weighted by Crippen LogP contribution is 2.34. The highest BCUT2D eigenvalue weighted by Gasteiger charge is 2.36. The molecule has 1 aliphatic carbocycles. The molecule has 0 saturated heterocycles. The first-order chi connectivity index (χ1) is 19.9. The molecule has 224 valence electrons. The van der Waals surface area contributed by atoms with Gasteiger partial charge < -0.3 is 11.1 Å². The monoisotopic (exact) mass is 603 g/mol. The molecule has 2 amide bonds. The fraction of sp³-hybridized carbons (Fsp3) is 0.393. The fourth-order valence-corrected chi connectivity index (χ4v) is 6.35. The van der Waals surface area contributed by atoms with Crippen molar-refractivity contribution in [3.05, 3.63) is 71.4 Å². The van der Waals surface area contributed by atoms with Crippen LogP contribution in [0.25, 0.3) is 0 Å². The Balaban J connectivity index is 1.35. The third kappa shape index (κ3) is 6.44. The van der Waals surface area contributed by atoms with Gasteiger partial charge in [0.1, 0.15) is 23.6 Å². The number of urea groups is 1. The van der Waals surface area contributed by atoms with Crippen LogP contribution in [0.3, 0.4) is 0 Å². The number of aromatic nitrogens is 2. The van der Waals surface area contributed by atoms with Crippen LogP contribution in [-0.4, -0.2) is 48.7 Å². The quantitative estimate of drug-likeness (QED) is 0.341. The number of hydrogen-bond donors (Lipinski definition) is 3. The molecule has 0 unspecified atom stereocenters. The third-order valence-electron chi connectivity index (χ3n) is 7.28. The van der Waals surface area contributed by atoms with Crippen molar-refractivity contribution in [3.8, 4) is 0 Å². The summed E-state index contributed by atoms with van der Waals surface area (Å²) in [4.78, 5) is 25.3. The lowest BCUT2D eigenvalue weighted by Gasteiger charge is -2.38. The first kappa shape index (κ1) is 29.6. The second-order valence-electron chi connectivity index (χ2n) is 10.9. The fourth-order valence-electron chi connectivity index (χ4n) is 5.15. The van der Waals surface area contributed by atoms with E-state index in [0.717, 1.165) is 18.2 Å². The number of carbonyl (C=O) groups is 1. The van der Waals surface area contributed by atoms with E-state index < -0.39 is 45.7 Å². The number of hydrogen-bond acceptors (Lipinski definition) is 7. The van der Waals surface area contributed by atoms with E-state index in [0.29, 0.717) is 29.8 Å². The number of halogens is 3. The highest BCUT2D eigenvalue weighted by molar-refractivity contribution is 7.91. The zero-order valence-corrected chi connectivity index (χ0v) is 23.9. The molecular weight excluding hydrogens is 571 g/mol. The van der Waals surface area contributed by atoms with Crippen molar-refractivity contribution in [3.63, 3.8) is 0 Å². The molecule has 5 rings (SSSR count). The van der Waals surface area contributed by atoms with Gasteiger partial charge in [0.15, 0.2) is 0 Å². The molecule has 1 aromatic heterocycles. The predicted molar refractivity (Wildman–Crippen MR) is 154 cm³/mol. The van der Waals surface area contributed by atoms with Crippen LogP contribution >= 0.6 is 0 Å². The summed E-state index contributed by atoms with van der Waals surface area (Å²) < 4.78 is 70.2. The van der Waals surface area contributed by atoms with Crippen molar-refractivity contribution in [2.75, 3.05) is 19.8 Å². The van der Waals surface area contributed by atoms with Crippen molar-refractivity contribution in [1.82, 2.24) is 9.97 Å². The number of nitrogens with two attached hydrogens (primary N) is 1. The average Bonchev–Trinajstić information content (AvgIpc) is 2.92. The minimum Gasteiger partial charge on any atom is -0.349 e. The molecular formula is C28H32F3N7O3S. The van der Waals surface area contributed by atoms with E-state index in [1.807, 2.05) is 0 Å². The molecule has 1 aliphatic heterocycles. The summed E-state index contributed by atoms with van der Waals surface area (Å²) >= 11 is 0. The normalized spacial score (nSPS) is 20.9. The van der Waals surface area contributed by atoms with Gasteiger partial charge in [0.2, 0.25) is 16.0 Å². The minimum atomic E-state index is -4.01. The Kier molecular flexibility index (Phi) is 8.28. The molecule has 3 atom stereocenters. The van der Waals surface area contributed by atoms with Crippen LogP contribution in [0.4, 0.5) is 41.1 Å². The Labute approximate surface area is 242 Å². The zero-order chi connectivity index (χ0) is 30.2. The number of fused-ring (bicyclic) bond motifs is 1. The van der Waals surface area contributed by atoms with Gasteiger partial charge in [-0.25, -0.2) is 31.4 Å². The van der Waals surface area contributed by atoms with E-state index in [4.69, 9.17) is 5.73 Å². The molecule has 0 spiro atoms. The van der Waals surface area contributed by atoms with Crippen molar-refractivity contribution in [1.29, 1.82) is 0 Å². The summed E-state index contributed by atoms with van der Waals surface area (Å²) in [5.41, 5.74) is 6.71. The number of alkyl halides is 1. The largest absolute Gasteiger partial charge is 0.349 e. The van der Waals surface area contributed by atoms with Crippen molar-refractivity contribution in [2.24, 2.45) is 5.73 Å². The topological polar surface area (TPSA) is 134 Å². The van der Waals surface area contributed by atoms with Crippen LogP contribution in [0.1, 0.15) is 44.2 Å². The van der Waals surface area contributed by atoms with Crippen LogP contribution < -0.4 is 25.6 Å². The lowest BCUT2D eigenvalue weighted by Crippen LogP contribution is -2.51. The SMILES string of the molecule is CC(C)N1C(=O)N(c2ccc(NS(=O)(=O)Cc3ccc(F)cc3)c(F)c2)Cc2cnc(N[C@@H]3CC[C@@H](N)C[C@@H]3F)nc21. The minimum absolute atomic E-state index is 0.0385. The molecule has 2 heterocycles. The molecule has 1 saturated carbocycles. The van der Waals surface area contributed by atoms with E-state index in [1.54, 1.807) is 20.0 Å². The smallest absolute Gasteiger partial charge is 0.330 e. The Hall–Kier alpha value is -3.91. The van der Waals surface area contributed by atoms with Gasteiger partial charge >= 0.3 is 6.03 Å². The standard InChI is InChI=1S/C28H32F3N7O3S/c1-16(2)38-26-18(13-33-27(35-26)34-24-9-7-20(32)11-22(24)30)14-37(28(38)39)21-8-10-25(23(31)12-21)36-42(40,41)15-17-3-5-19(29)6-4-17/h3-6,8,10,12-13,16,20,22,24,36H,7,9,11,14-15,32H2,1-2H3,(H,33,34,35)/t20-,22+,24-/m1/s1. The van der Waals surface area contributed by atoms with E-state index >= 15 is 4.39 Å². The molecule has 1 fully saturated rings. The van der Waals surface area contributed by atoms with Gasteiger partial charge in [-0.15, -0.1) is 0 Å². The van der Waals surface area contributed by atoms with Gasteiger partial charge in [0, 0.05) is 29.5 Å². The average molecular weight is 604 g/mol. The molecule has 14 heteroatoms. The number of carbonyl (C=O) groups excluding carboxylic acids is 1. The van der Waals surface area contributed by atoms with E-state index in [9.17, 15) is 22.0 Å². The van der Waals surface area contributed by atoms with Gasteiger partial charge in [-0.1, -0.05) is 12.1 Å². The summed E-state index contributed by atoms with van der Waals surface area (Å²) in [6, 6.07) is 7.25. The second-order valence-corrected chi connectivity index (χ2v) is 12.6. The maximum absolute atomic E-state index is 15.1. The van der Waals surface area contributed by atoms with Crippen molar-refractivity contribution >= 4 is 39.2 Å². The molecule has 0 bridgehead atoms. The van der Waals surface area contributed by atoms with Gasteiger partial charge in [0.05, 0.1) is 24.0 Å². The van der Waals surface area contributed by atoms with Gasteiger partial charge in [-0.05, 0) is 69.0 Å². The van der Waals surface area contributed by atoms with Crippen LogP contribution in [0.15, 0.2) is 48.7 Å². The number of nitrogens with zero attached hydrogens (tertiary/aromatic N) is 4. The Morgan fingerprint density at radius 3 is 2.52 bits per heavy atom. The maximum atomic E-state index is 15.1. The number of benzene rings is 2. The van der Waals surface area contributed by atoms with E-state index in [1.165, 1.54) is 34.1 Å². The first-order valence-electron chi connectivity index (χ1n) is 13.6. The third-order valence-corrected chi connectivity index (χ3v) is 8.52. The number of nitrogens with one attached hydrogen (secondary N) is 2. The Morgan fingerprint density at radius 2 is 1.86 bits per heavy atom. The summed E-state index contributed by atoms with van der Waals surface area (Å²) in [7, 11) is -4.01. The Morgan fingerprint density at radius 1 is 1.12 bits per heavy atom. The first-order valence-corrected chi connectivity index (χ1v) is 15.2. The van der Waals surface area contributed by atoms with Gasteiger partial charge in [0.25, 0.3) is 0 Å². The number of amides is 2. The number of anilines is 4. The van der Waals surface area contributed by atoms with E-state index in [2.05, 4.69) is 20.0 Å². The van der Waals surface area contributed by atoms with Gasteiger partial charge in [-0.2, -0.15) is 4.98 Å². The zero-order valence-electron chi connectivity index (χ0n) is 23.1. The summed E-state index contributed by atoms with van der Waals surface area (Å²) in [6.07, 6.45) is 1.87. The number of sulfonamides is 1. The molecule has 3 aromatic rings. The molecule has 10 nitrogen and oxygen atoms in total. The van der Waals surface area contributed by atoms with Crippen LogP contribution in [0.2, 0.25) is 0 Å². The van der Waals surface area contributed by atoms with Gasteiger partial charge in [-0.3, -0.25) is 14.5 Å². The van der Waals surface area contributed by atoms with Crippen LogP contribution in [0, 0.1) is 11.6 Å². The van der Waals surface area contributed by atoms with Crippen molar-refractivity contribution < 1.29 is 26.4 Å². The molecule has 0 radical (unpaired) electrons. The lowest BCUT2D eigenvalue weighted by atomic mass is 9.90. The molecule has 2 aromatic carbocycles. The highest BCUT2D eigenvalue weighted by atomic mass is 32.2. The van der Waals surface area contributed by atoms with Crippen LogP contribution in [0.5, 0.6) is 0 Å². The summed E-state index contributed by atoms with van der Waals surface area (Å²) in [5.74, 6) is -1.28. The molecule has 42 heavy (non-hydrogen) atoms. The number of rotatable bonds is 8. The summed E-state index contributed by atoms with van der Waals surface area (Å²) in [5, 5.41) is 3.04. The molecule has 4 N–H and O–H groups in total.